The molecule has 0 amide bonds. The first-order chi connectivity index (χ1) is 7.69. The molecule has 0 bridgehead atoms. The smallest absolute Gasteiger partial charge is 0.0948 e. The lowest BCUT2D eigenvalue weighted by Gasteiger charge is -2.53. The zero-order valence-corrected chi connectivity index (χ0v) is 11.2. The van der Waals surface area contributed by atoms with Crippen LogP contribution in [0, 0.1) is 5.41 Å². The molecule has 1 fully saturated rings. The van der Waals surface area contributed by atoms with Crippen molar-refractivity contribution in [2.75, 3.05) is 0 Å². The summed E-state index contributed by atoms with van der Waals surface area (Å²) >= 11 is 0. The van der Waals surface area contributed by atoms with Crippen molar-refractivity contribution in [3.8, 4) is 0 Å². The quantitative estimate of drug-likeness (QED) is 0.687. The average Bonchev–Trinajstić information content (AvgIpc) is 2.19. The molecule has 0 unspecified atom stereocenters. The molecular formula is C15H24O2. The summed E-state index contributed by atoms with van der Waals surface area (Å²) in [4.78, 5) is 0. The number of allylic oxidation sites excluding steroid dienone is 1. The van der Waals surface area contributed by atoms with Gasteiger partial charge in [0.25, 0.3) is 0 Å². The number of fused-ring (bicyclic) bond motifs is 1. The van der Waals surface area contributed by atoms with E-state index in [1.807, 2.05) is 0 Å². The van der Waals surface area contributed by atoms with Crippen LogP contribution >= 0.6 is 0 Å². The SMILES string of the molecule is C=C1CCC[C@@]2(C)CC=C(C(C)(C)O)C[C@]12O. The van der Waals surface area contributed by atoms with Crippen molar-refractivity contribution in [1.29, 1.82) is 0 Å². The van der Waals surface area contributed by atoms with Crippen LogP contribution in [0.25, 0.3) is 0 Å². The molecule has 0 radical (unpaired) electrons. The predicted octanol–water partition coefficient (Wildman–Crippen LogP) is 2.96. The highest BCUT2D eigenvalue weighted by Gasteiger charge is 2.53. The molecule has 0 heterocycles. The highest BCUT2D eigenvalue weighted by Crippen LogP contribution is 2.55. The Kier molecular flexibility index (Phi) is 2.79. The Morgan fingerprint density at radius 1 is 1.41 bits per heavy atom. The summed E-state index contributed by atoms with van der Waals surface area (Å²) < 4.78 is 0. The van der Waals surface area contributed by atoms with Crippen LogP contribution in [0.2, 0.25) is 0 Å². The molecule has 2 aliphatic rings. The van der Waals surface area contributed by atoms with E-state index in [0.717, 1.165) is 36.8 Å². The lowest BCUT2D eigenvalue weighted by molar-refractivity contribution is -0.0766. The van der Waals surface area contributed by atoms with Crippen molar-refractivity contribution in [3.05, 3.63) is 23.8 Å². The highest BCUT2D eigenvalue weighted by molar-refractivity contribution is 5.33. The molecule has 2 atom stereocenters. The van der Waals surface area contributed by atoms with Gasteiger partial charge in [0.2, 0.25) is 0 Å². The van der Waals surface area contributed by atoms with Gasteiger partial charge in [0.1, 0.15) is 0 Å². The zero-order valence-electron chi connectivity index (χ0n) is 11.2. The lowest BCUT2D eigenvalue weighted by Crippen LogP contribution is -2.53. The summed E-state index contributed by atoms with van der Waals surface area (Å²) in [5.74, 6) is 0. The van der Waals surface area contributed by atoms with Crippen molar-refractivity contribution in [3.63, 3.8) is 0 Å². The van der Waals surface area contributed by atoms with Gasteiger partial charge in [-0.05, 0) is 50.7 Å². The maximum absolute atomic E-state index is 11.0. The summed E-state index contributed by atoms with van der Waals surface area (Å²) in [6.45, 7) is 9.80. The van der Waals surface area contributed by atoms with Crippen LogP contribution < -0.4 is 0 Å². The summed E-state index contributed by atoms with van der Waals surface area (Å²) in [5, 5.41) is 21.1. The fourth-order valence-corrected chi connectivity index (χ4v) is 3.30. The summed E-state index contributed by atoms with van der Waals surface area (Å²) in [7, 11) is 0. The Morgan fingerprint density at radius 3 is 2.65 bits per heavy atom. The first-order valence-electron chi connectivity index (χ1n) is 6.52. The third-order valence-electron chi connectivity index (χ3n) is 4.82. The van der Waals surface area contributed by atoms with E-state index in [9.17, 15) is 10.2 Å². The van der Waals surface area contributed by atoms with E-state index in [-0.39, 0.29) is 5.41 Å². The van der Waals surface area contributed by atoms with E-state index >= 15 is 0 Å². The normalized spacial score (nSPS) is 38.6. The molecule has 2 rings (SSSR count). The van der Waals surface area contributed by atoms with Crippen molar-refractivity contribution in [2.24, 2.45) is 5.41 Å². The fraction of sp³-hybridized carbons (Fsp3) is 0.733. The number of aliphatic hydroxyl groups is 2. The largest absolute Gasteiger partial charge is 0.386 e. The van der Waals surface area contributed by atoms with Gasteiger partial charge in [-0.1, -0.05) is 19.6 Å². The van der Waals surface area contributed by atoms with Gasteiger partial charge in [-0.2, -0.15) is 0 Å². The Labute approximate surface area is 104 Å². The van der Waals surface area contributed by atoms with Crippen LogP contribution in [0.3, 0.4) is 0 Å². The van der Waals surface area contributed by atoms with Gasteiger partial charge >= 0.3 is 0 Å². The number of hydrogen-bond donors (Lipinski definition) is 2. The minimum atomic E-state index is -0.839. The van der Waals surface area contributed by atoms with Gasteiger partial charge in [-0.3, -0.25) is 0 Å². The topological polar surface area (TPSA) is 40.5 Å². The maximum atomic E-state index is 11.0. The third-order valence-corrected chi connectivity index (χ3v) is 4.82. The number of hydrogen-bond acceptors (Lipinski definition) is 2. The van der Waals surface area contributed by atoms with Crippen LogP contribution in [0.1, 0.15) is 52.9 Å². The highest BCUT2D eigenvalue weighted by atomic mass is 16.3. The zero-order chi connectivity index (χ0) is 12.9. The van der Waals surface area contributed by atoms with Gasteiger partial charge < -0.3 is 10.2 Å². The fourth-order valence-electron chi connectivity index (χ4n) is 3.30. The molecule has 2 nitrogen and oxygen atoms in total. The predicted molar refractivity (Wildman–Crippen MR) is 69.7 cm³/mol. The van der Waals surface area contributed by atoms with Crippen LogP contribution in [-0.2, 0) is 0 Å². The Hall–Kier alpha value is -0.600. The van der Waals surface area contributed by atoms with E-state index in [1.165, 1.54) is 0 Å². The summed E-state index contributed by atoms with van der Waals surface area (Å²) in [5.41, 5.74) is 0.128. The van der Waals surface area contributed by atoms with E-state index in [2.05, 4.69) is 19.6 Å². The van der Waals surface area contributed by atoms with Crippen molar-refractivity contribution in [2.45, 2.75) is 64.1 Å². The Bertz CT molecular complexity index is 375. The molecule has 0 spiro atoms. The van der Waals surface area contributed by atoms with Crippen LogP contribution in [-0.4, -0.2) is 21.4 Å². The van der Waals surface area contributed by atoms with Gasteiger partial charge in [-0.25, -0.2) is 0 Å². The molecule has 0 aromatic rings. The third kappa shape index (κ3) is 1.88. The standard InChI is InChI=1S/C15H24O2/c1-11-6-5-8-14(4)9-7-12(13(2,3)16)10-15(11,14)17/h7,16-17H,1,5-6,8-10H2,2-4H3/t14-,15-/m0/s1. The molecule has 1 saturated carbocycles. The first-order valence-corrected chi connectivity index (χ1v) is 6.52. The van der Waals surface area contributed by atoms with E-state index in [1.54, 1.807) is 13.8 Å². The van der Waals surface area contributed by atoms with Crippen molar-refractivity contribution < 1.29 is 10.2 Å². The number of rotatable bonds is 1. The van der Waals surface area contributed by atoms with E-state index < -0.39 is 11.2 Å². The maximum Gasteiger partial charge on any atom is 0.0948 e. The average molecular weight is 236 g/mol. The molecule has 96 valence electrons. The van der Waals surface area contributed by atoms with Crippen LogP contribution in [0.5, 0.6) is 0 Å². The first kappa shape index (κ1) is 12.8. The van der Waals surface area contributed by atoms with Crippen molar-refractivity contribution in [1.82, 2.24) is 0 Å². The van der Waals surface area contributed by atoms with Crippen molar-refractivity contribution >= 4 is 0 Å². The van der Waals surface area contributed by atoms with E-state index in [0.29, 0.717) is 6.42 Å². The second-order valence-electron chi connectivity index (χ2n) is 6.55. The minimum absolute atomic E-state index is 0.100. The molecule has 0 aromatic carbocycles. The second-order valence-corrected chi connectivity index (χ2v) is 6.55. The van der Waals surface area contributed by atoms with E-state index in [4.69, 9.17) is 0 Å². The monoisotopic (exact) mass is 236 g/mol. The Morgan fingerprint density at radius 2 is 2.06 bits per heavy atom. The molecule has 2 N–H and O–H groups in total. The Balaban J connectivity index is 2.39. The van der Waals surface area contributed by atoms with Crippen LogP contribution in [0.4, 0.5) is 0 Å². The molecular weight excluding hydrogens is 212 g/mol. The minimum Gasteiger partial charge on any atom is -0.386 e. The molecule has 0 saturated heterocycles. The summed E-state index contributed by atoms with van der Waals surface area (Å²) in [6, 6.07) is 0. The summed E-state index contributed by atoms with van der Waals surface area (Å²) in [6.07, 6.45) is 6.55. The molecule has 2 aliphatic carbocycles. The van der Waals surface area contributed by atoms with Gasteiger partial charge in [0.15, 0.2) is 0 Å². The van der Waals surface area contributed by atoms with Gasteiger partial charge in [0.05, 0.1) is 11.2 Å². The second kappa shape index (κ2) is 3.69. The molecule has 0 aromatic heterocycles. The lowest BCUT2D eigenvalue weighted by atomic mass is 9.55. The molecule has 0 aliphatic heterocycles. The van der Waals surface area contributed by atoms with Gasteiger partial charge in [-0.15, -0.1) is 0 Å². The molecule has 2 heteroatoms. The molecule has 17 heavy (non-hydrogen) atoms. The van der Waals surface area contributed by atoms with Crippen LogP contribution in [0.15, 0.2) is 23.8 Å². The van der Waals surface area contributed by atoms with Gasteiger partial charge in [0, 0.05) is 11.8 Å².